The van der Waals surface area contributed by atoms with Crippen LogP contribution in [-0.2, 0) is 4.74 Å². The average Bonchev–Trinajstić information content (AvgIpc) is 2.53. The first-order valence-electron chi connectivity index (χ1n) is 7.90. The van der Waals surface area contributed by atoms with E-state index in [4.69, 9.17) is 4.74 Å². The second-order valence-electron chi connectivity index (χ2n) is 6.91. The van der Waals surface area contributed by atoms with Gasteiger partial charge in [-0.25, -0.2) is 4.79 Å². The number of nitrogens with zero attached hydrogens (tertiary/aromatic N) is 4. The summed E-state index contributed by atoms with van der Waals surface area (Å²) in [5.74, 6) is -0.178. The van der Waals surface area contributed by atoms with E-state index in [9.17, 15) is 9.59 Å². The first-order chi connectivity index (χ1) is 11.2. The van der Waals surface area contributed by atoms with Crippen LogP contribution in [0.3, 0.4) is 0 Å². The van der Waals surface area contributed by atoms with Crippen molar-refractivity contribution in [3.8, 4) is 0 Å². The van der Waals surface area contributed by atoms with E-state index >= 15 is 0 Å². The standard InChI is InChI=1S/C17H24N4O3/c1-17(2,3)24-16(23)21-10-8-12(9-11-21)13-6-7-14(19-18-13)15(22)20(4)5/h6-8H,9-11H2,1-5H3. The van der Waals surface area contributed by atoms with Crippen molar-refractivity contribution in [2.45, 2.75) is 32.8 Å². The molecule has 2 amide bonds. The number of carbonyl (C=O) groups excluding carboxylic acids is 2. The summed E-state index contributed by atoms with van der Waals surface area (Å²) in [7, 11) is 3.35. The van der Waals surface area contributed by atoms with Crippen molar-refractivity contribution in [2.75, 3.05) is 27.2 Å². The Morgan fingerprint density at radius 2 is 1.92 bits per heavy atom. The number of hydrogen-bond donors (Lipinski definition) is 0. The Balaban J connectivity index is 2.02. The highest BCUT2D eigenvalue weighted by molar-refractivity contribution is 5.91. The Bertz CT molecular complexity index is 645. The molecule has 0 saturated carbocycles. The summed E-state index contributed by atoms with van der Waals surface area (Å²) in [5, 5.41) is 8.13. The molecule has 1 aliphatic rings. The highest BCUT2D eigenvalue weighted by atomic mass is 16.6. The number of rotatable bonds is 2. The van der Waals surface area contributed by atoms with Gasteiger partial charge in [0.2, 0.25) is 0 Å². The molecule has 1 aliphatic heterocycles. The summed E-state index contributed by atoms with van der Waals surface area (Å²) in [6, 6.07) is 3.46. The molecule has 0 saturated heterocycles. The van der Waals surface area contributed by atoms with Gasteiger partial charge in [0, 0.05) is 27.2 Å². The van der Waals surface area contributed by atoms with E-state index in [-0.39, 0.29) is 12.0 Å². The van der Waals surface area contributed by atoms with Gasteiger partial charge < -0.3 is 14.5 Å². The van der Waals surface area contributed by atoms with Gasteiger partial charge in [0.15, 0.2) is 5.69 Å². The molecule has 0 aromatic carbocycles. The van der Waals surface area contributed by atoms with Crippen LogP contribution in [-0.4, -0.2) is 64.8 Å². The van der Waals surface area contributed by atoms with Crippen molar-refractivity contribution in [1.29, 1.82) is 0 Å². The maximum atomic E-state index is 12.0. The SMILES string of the molecule is CN(C)C(=O)c1ccc(C2=CCN(C(=O)OC(C)(C)C)CC2)nn1. The minimum Gasteiger partial charge on any atom is -0.444 e. The molecule has 2 rings (SSSR count). The fourth-order valence-electron chi connectivity index (χ4n) is 2.24. The molecule has 1 aromatic heterocycles. The largest absolute Gasteiger partial charge is 0.444 e. The van der Waals surface area contributed by atoms with Crippen molar-refractivity contribution in [2.24, 2.45) is 0 Å². The molecule has 7 nitrogen and oxygen atoms in total. The van der Waals surface area contributed by atoms with E-state index in [2.05, 4.69) is 10.2 Å². The lowest BCUT2D eigenvalue weighted by atomic mass is 10.0. The van der Waals surface area contributed by atoms with Crippen LogP contribution in [0.15, 0.2) is 18.2 Å². The molecule has 24 heavy (non-hydrogen) atoms. The van der Waals surface area contributed by atoms with Gasteiger partial charge >= 0.3 is 6.09 Å². The third-order valence-electron chi connectivity index (χ3n) is 3.48. The zero-order valence-electron chi connectivity index (χ0n) is 14.9. The predicted molar refractivity (Wildman–Crippen MR) is 90.5 cm³/mol. The summed E-state index contributed by atoms with van der Waals surface area (Å²) in [6.07, 6.45) is 2.32. The second-order valence-corrected chi connectivity index (χ2v) is 6.91. The van der Waals surface area contributed by atoms with Gasteiger partial charge in [0.05, 0.1) is 5.69 Å². The Kier molecular flexibility index (Phi) is 5.21. The minimum absolute atomic E-state index is 0.178. The van der Waals surface area contributed by atoms with Crippen molar-refractivity contribution in [3.05, 3.63) is 29.6 Å². The number of carbonyl (C=O) groups is 2. The van der Waals surface area contributed by atoms with E-state index in [1.165, 1.54) is 4.90 Å². The topological polar surface area (TPSA) is 75.6 Å². The molecule has 0 radical (unpaired) electrons. The molecular formula is C17H24N4O3. The van der Waals surface area contributed by atoms with Gasteiger partial charge in [0.1, 0.15) is 5.60 Å². The van der Waals surface area contributed by atoms with Crippen LogP contribution in [0.2, 0.25) is 0 Å². The zero-order chi connectivity index (χ0) is 17.9. The summed E-state index contributed by atoms with van der Waals surface area (Å²) >= 11 is 0. The maximum Gasteiger partial charge on any atom is 0.410 e. The molecule has 0 atom stereocenters. The third-order valence-corrected chi connectivity index (χ3v) is 3.48. The fraction of sp³-hybridized carbons (Fsp3) is 0.529. The normalized spacial score (nSPS) is 14.9. The lowest BCUT2D eigenvalue weighted by molar-refractivity contribution is 0.0270. The van der Waals surface area contributed by atoms with E-state index in [1.807, 2.05) is 26.8 Å². The Labute approximate surface area is 142 Å². The van der Waals surface area contributed by atoms with Crippen LogP contribution in [0.5, 0.6) is 0 Å². The van der Waals surface area contributed by atoms with Crippen molar-refractivity contribution in [3.63, 3.8) is 0 Å². The molecule has 0 aliphatic carbocycles. The maximum absolute atomic E-state index is 12.0. The Morgan fingerprint density at radius 3 is 2.38 bits per heavy atom. The summed E-state index contributed by atoms with van der Waals surface area (Å²) in [4.78, 5) is 27.0. The molecule has 130 valence electrons. The number of aromatic nitrogens is 2. The first-order valence-corrected chi connectivity index (χ1v) is 7.90. The van der Waals surface area contributed by atoms with Gasteiger partial charge in [-0.2, -0.15) is 5.10 Å². The van der Waals surface area contributed by atoms with Gasteiger partial charge in [-0.15, -0.1) is 5.10 Å². The summed E-state index contributed by atoms with van der Waals surface area (Å²) < 4.78 is 5.37. The van der Waals surface area contributed by atoms with Crippen molar-refractivity contribution < 1.29 is 14.3 Å². The van der Waals surface area contributed by atoms with Crippen LogP contribution in [0.1, 0.15) is 43.4 Å². The van der Waals surface area contributed by atoms with Gasteiger partial charge in [-0.05, 0) is 44.9 Å². The monoisotopic (exact) mass is 332 g/mol. The van der Waals surface area contributed by atoms with Crippen LogP contribution < -0.4 is 0 Å². The molecule has 0 unspecified atom stereocenters. The molecule has 0 N–H and O–H groups in total. The van der Waals surface area contributed by atoms with Gasteiger partial charge in [-0.1, -0.05) is 6.08 Å². The third kappa shape index (κ3) is 4.53. The van der Waals surface area contributed by atoms with E-state index in [0.717, 1.165) is 11.3 Å². The Hall–Kier alpha value is -2.44. The van der Waals surface area contributed by atoms with Crippen molar-refractivity contribution in [1.82, 2.24) is 20.0 Å². The van der Waals surface area contributed by atoms with Crippen molar-refractivity contribution >= 4 is 17.6 Å². The molecule has 1 aromatic rings. The average molecular weight is 332 g/mol. The number of amides is 2. The highest BCUT2D eigenvalue weighted by Crippen LogP contribution is 2.21. The molecule has 2 heterocycles. The molecule has 0 spiro atoms. The van der Waals surface area contributed by atoms with E-state index in [1.54, 1.807) is 31.1 Å². The zero-order valence-corrected chi connectivity index (χ0v) is 14.9. The predicted octanol–water partition coefficient (Wildman–Crippen LogP) is 2.20. The van der Waals surface area contributed by atoms with Crippen LogP contribution >= 0.6 is 0 Å². The number of ether oxygens (including phenoxy) is 1. The first kappa shape index (κ1) is 17.9. The molecule has 0 bridgehead atoms. The van der Waals surface area contributed by atoms with Crippen LogP contribution in [0.4, 0.5) is 4.79 Å². The smallest absolute Gasteiger partial charge is 0.410 e. The molecule has 0 fully saturated rings. The molecule has 7 heteroatoms. The fourth-order valence-corrected chi connectivity index (χ4v) is 2.24. The van der Waals surface area contributed by atoms with Gasteiger partial charge in [0.25, 0.3) is 5.91 Å². The van der Waals surface area contributed by atoms with Gasteiger partial charge in [-0.3, -0.25) is 4.79 Å². The quantitative estimate of drug-likeness (QED) is 0.830. The van der Waals surface area contributed by atoms with E-state index < -0.39 is 5.60 Å². The highest BCUT2D eigenvalue weighted by Gasteiger charge is 2.24. The molecular weight excluding hydrogens is 308 g/mol. The number of hydrogen-bond acceptors (Lipinski definition) is 5. The summed E-state index contributed by atoms with van der Waals surface area (Å²) in [5.41, 5.74) is 1.57. The summed E-state index contributed by atoms with van der Waals surface area (Å²) in [6.45, 7) is 6.60. The van der Waals surface area contributed by atoms with Crippen LogP contribution in [0, 0.1) is 0 Å². The second kappa shape index (κ2) is 6.98. The van der Waals surface area contributed by atoms with E-state index in [0.29, 0.717) is 25.2 Å². The lowest BCUT2D eigenvalue weighted by Gasteiger charge is -2.29. The van der Waals surface area contributed by atoms with Crippen LogP contribution in [0.25, 0.3) is 5.57 Å². The minimum atomic E-state index is -0.499. The lowest BCUT2D eigenvalue weighted by Crippen LogP contribution is -2.39. The Morgan fingerprint density at radius 1 is 1.21 bits per heavy atom.